The third kappa shape index (κ3) is 2.62. The summed E-state index contributed by atoms with van der Waals surface area (Å²) < 4.78 is 30.5. The Morgan fingerprint density at radius 1 is 1.21 bits per heavy atom. The quantitative estimate of drug-likeness (QED) is 0.316. The maximum atomic E-state index is 10.8. The van der Waals surface area contributed by atoms with Crippen molar-refractivity contribution in [3.63, 3.8) is 0 Å². The normalized spacial score (nSPS) is 15.5. The van der Waals surface area contributed by atoms with E-state index in [0.29, 0.717) is 0 Å². The highest BCUT2D eigenvalue weighted by Gasteiger charge is 2.44. The van der Waals surface area contributed by atoms with Crippen molar-refractivity contribution in [1.29, 1.82) is 0 Å². The molecule has 0 aromatic carbocycles. The summed E-state index contributed by atoms with van der Waals surface area (Å²) in [5.41, 5.74) is -1.71. The minimum atomic E-state index is -4.50. The van der Waals surface area contributed by atoms with Gasteiger partial charge in [-0.2, -0.15) is 8.42 Å². The Morgan fingerprint density at radius 2 is 1.57 bits per heavy atom. The molecule has 7 nitrogen and oxygen atoms in total. The van der Waals surface area contributed by atoms with Gasteiger partial charge in [0.05, 0.1) is 25.2 Å². The monoisotopic (exact) mass is 229 g/mol. The van der Waals surface area contributed by atoms with Crippen molar-refractivity contribution in [1.82, 2.24) is 5.32 Å². The summed E-state index contributed by atoms with van der Waals surface area (Å²) in [5, 5.41) is 27.3. The van der Waals surface area contributed by atoms with E-state index in [2.05, 4.69) is 5.32 Å². The van der Waals surface area contributed by atoms with Crippen molar-refractivity contribution in [2.75, 3.05) is 26.9 Å². The molecule has 14 heavy (non-hydrogen) atoms. The predicted molar refractivity (Wildman–Crippen MR) is 48.1 cm³/mol. The molecule has 0 amide bonds. The van der Waals surface area contributed by atoms with Gasteiger partial charge < -0.3 is 20.6 Å². The van der Waals surface area contributed by atoms with Crippen LogP contribution in [-0.4, -0.2) is 60.5 Å². The molecule has 0 aliphatic carbocycles. The van der Waals surface area contributed by atoms with Gasteiger partial charge in [-0.05, 0) is 7.05 Å². The lowest BCUT2D eigenvalue weighted by Crippen LogP contribution is -2.55. The number of nitrogens with one attached hydrogen (secondary N) is 1. The van der Waals surface area contributed by atoms with Crippen LogP contribution in [0.4, 0.5) is 0 Å². The summed E-state index contributed by atoms with van der Waals surface area (Å²) in [5.74, 6) is 0. The maximum absolute atomic E-state index is 10.8. The summed E-state index contributed by atoms with van der Waals surface area (Å²) in [4.78, 5) is 0. The van der Waals surface area contributed by atoms with Gasteiger partial charge in [0, 0.05) is 0 Å². The first-order valence-corrected chi connectivity index (χ1v) is 5.34. The molecule has 0 fully saturated rings. The first-order valence-electron chi connectivity index (χ1n) is 3.84. The van der Waals surface area contributed by atoms with Crippen molar-refractivity contribution in [3.8, 4) is 0 Å². The molecule has 0 spiro atoms. The minimum absolute atomic E-state index is 0.773. The van der Waals surface area contributed by atoms with Gasteiger partial charge in [-0.15, -0.1) is 0 Å². The van der Waals surface area contributed by atoms with E-state index in [1.807, 2.05) is 0 Å². The molecule has 0 aromatic heterocycles. The minimum Gasteiger partial charge on any atom is -0.396 e. The Morgan fingerprint density at radius 3 is 1.64 bits per heavy atom. The van der Waals surface area contributed by atoms with Crippen molar-refractivity contribution in [2.45, 2.75) is 5.37 Å². The highest BCUT2D eigenvalue weighted by Crippen LogP contribution is 2.23. The number of hydrogen-bond donors (Lipinski definition) is 5. The molecule has 0 aliphatic rings. The predicted octanol–water partition coefficient (Wildman–Crippen LogP) is -2.62. The first kappa shape index (κ1) is 13.8. The Balaban J connectivity index is 5.15. The standard InChI is InChI=1S/C6H15NO6S/c1-7-5(14(11,12)13)6(2-8,3-9)4-10/h5,7-10H,2-4H2,1H3,(H,11,12,13). The zero-order valence-corrected chi connectivity index (χ0v) is 8.53. The second kappa shape index (κ2) is 5.01. The Labute approximate surface area is 82.1 Å². The zero-order chi connectivity index (χ0) is 11.4. The molecule has 0 bridgehead atoms. The van der Waals surface area contributed by atoms with Crippen LogP contribution in [0.15, 0.2) is 0 Å². The molecule has 86 valence electrons. The Bertz CT molecular complexity index is 251. The summed E-state index contributed by atoms with van der Waals surface area (Å²) >= 11 is 0. The third-order valence-corrected chi connectivity index (χ3v) is 3.39. The molecule has 0 saturated heterocycles. The van der Waals surface area contributed by atoms with Gasteiger partial charge in [-0.25, -0.2) is 0 Å². The van der Waals surface area contributed by atoms with E-state index in [4.69, 9.17) is 19.9 Å². The van der Waals surface area contributed by atoms with E-state index < -0.39 is 40.7 Å². The highest BCUT2D eigenvalue weighted by molar-refractivity contribution is 7.86. The van der Waals surface area contributed by atoms with Crippen LogP contribution >= 0.6 is 0 Å². The number of hydrogen-bond acceptors (Lipinski definition) is 6. The van der Waals surface area contributed by atoms with Gasteiger partial charge in [0.2, 0.25) is 0 Å². The van der Waals surface area contributed by atoms with Gasteiger partial charge in [0.25, 0.3) is 10.1 Å². The molecule has 0 saturated carbocycles. The second-order valence-corrected chi connectivity index (χ2v) is 4.52. The molecule has 0 aliphatic heterocycles. The molecule has 8 heteroatoms. The summed E-state index contributed by atoms with van der Waals surface area (Å²) in [6.07, 6.45) is 0. The van der Waals surface area contributed by atoms with E-state index in [9.17, 15) is 8.42 Å². The molecule has 0 rings (SSSR count). The van der Waals surface area contributed by atoms with Crippen molar-refractivity contribution in [3.05, 3.63) is 0 Å². The smallest absolute Gasteiger partial charge is 0.281 e. The van der Waals surface area contributed by atoms with E-state index in [0.717, 1.165) is 0 Å². The van der Waals surface area contributed by atoms with Crippen molar-refractivity contribution >= 4 is 10.1 Å². The Hall–Kier alpha value is -0.250. The average Bonchev–Trinajstić information content (AvgIpc) is 2.12. The zero-order valence-electron chi connectivity index (χ0n) is 7.71. The summed E-state index contributed by atoms with van der Waals surface area (Å²) in [7, 11) is -3.27. The molecule has 0 aromatic rings. The summed E-state index contributed by atoms with van der Waals surface area (Å²) in [6, 6.07) is 0. The van der Waals surface area contributed by atoms with E-state index in [1.54, 1.807) is 0 Å². The second-order valence-electron chi connectivity index (χ2n) is 3.02. The van der Waals surface area contributed by atoms with E-state index in [1.165, 1.54) is 7.05 Å². The molecular weight excluding hydrogens is 214 g/mol. The Kier molecular flexibility index (Phi) is 4.92. The molecule has 1 atom stereocenters. The molecule has 0 heterocycles. The van der Waals surface area contributed by atoms with Crippen LogP contribution < -0.4 is 5.32 Å². The van der Waals surface area contributed by atoms with Crippen molar-refractivity contribution in [2.24, 2.45) is 5.41 Å². The van der Waals surface area contributed by atoms with Gasteiger partial charge in [0.15, 0.2) is 0 Å². The van der Waals surface area contributed by atoms with Gasteiger partial charge in [-0.1, -0.05) is 0 Å². The van der Waals surface area contributed by atoms with E-state index >= 15 is 0 Å². The van der Waals surface area contributed by atoms with Crippen LogP contribution in [0, 0.1) is 5.41 Å². The van der Waals surface area contributed by atoms with Gasteiger partial charge in [0.1, 0.15) is 5.37 Å². The maximum Gasteiger partial charge on any atom is 0.281 e. The SMILES string of the molecule is CNC(C(CO)(CO)CO)S(=O)(=O)O. The third-order valence-electron chi connectivity index (χ3n) is 2.06. The summed E-state index contributed by atoms with van der Waals surface area (Å²) in [6.45, 7) is -2.32. The number of aliphatic hydroxyl groups excluding tert-OH is 3. The number of rotatable bonds is 6. The van der Waals surface area contributed by atoms with Crippen LogP contribution in [0.3, 0.4) is 0 Å². The fourth-order valence-corrected chi connectivity index (χ4v) is 2.32. The average molecular weight is 229 g/mol. The van der Waals surface area contributed by atoms with Crippen molar-refractivity contribution < 1.29 is 28.3 Å². The van der Waals surface area contributed by atoms with E-state index in [-0.39, 0.29) is 0 Å². The van der Waals surface area contributed by atoms with Crippen LogP contribution in [0.1, 0.15) is 0 Å². The fourth-order valence-electron chi connectivity index (χ4n) is 1.17. The topological polar surface area (TPSA) is 127 Å². The molecule has 1 unspecified atom stereocenters. The fraction of sp³-hybridized carbons (Fsp3) is 1.00. The van der Waals surface area contributed by atoms with Crippen LogP contribution in [0.25, 0.3) is 0 Å². The first-order chi connectivity index (χ1) is 6.37. The molecule has 5 N–H and O–H groups in total. The lowest BCUT2D eigenvalue weighted by Gasteiger charge is -2.33. The van der Waals surface area contributed by atoms with Crippen LogP contribution in [0.2, 0.25) is 0 Å². The largest absolute Gasteiger partial charge is 0.396 e. The lowest BCUT2D eigenvalue weighted by molar-refractivity contribution is -0.00409. The number of aliphatic hydroxyl groups is 3. The van der Waals surface area contributed by atoms with Crippen LogP contribution in [-0.2, 0) is 10.1 Å². The molecule has 0 radical (unpaired) electrons. The van der Waals surface area contributed by atoms with Gasteiger partial charge in [-0.3, -0.25) is 4.55 Å². The highest BCUT2D eigenvalue weighted by atomic mass is 32.2. The molecular formula is C6H15NO6S. The lowest BCUT2D eigenvalue weighted by atomic mass is 9.91. The van der Waals surface area contributed by atoms with Crippen LogP contribution in [0.5, 0.6) is 0 Å². The van der Waals surface area contributed by atoms with Gasteiger partial charge >= 0.3 is 0 Å².